The molecule has 0 aromatic heterocycles. The average molecular weight is 545 g/mol. The molecule has 3 fully saturated rings. The van der Waals surface area contributed by atoms with Crippen LogP contribution in [0.2, 0.25) is 0 Å². The highest BCUT2D eigenvalue weighted by Crippen LogP contribution is 2.65. The zero-order chi connectivity index (χ0) is 28.5. The molecule has 39 heavy (non-hydrogen) atoms. The summed E-state index contributed by atoms with van der Waals surface area (Å²) in [6.45, 7) is 11.8. The largest absolute Gasteiger partial charge is 0.462 e. The van der Waals surface area contributed by atoms with E-state index in [0.717, 1.165) is 44.9 Å². The Balaban J connectivity index is 1.47. The number of esters is 2. The fourth-order valence-electron chi connectivity index (χ4n) is 8.56. The Labute approximate surface area is 233 Å². The molecule has 8 nitrogen and oxygen atoms in total. The first-order chi connectivity index (χ1) is 18.3. The van der Waals surface area contributed by atoms with Crippen molar-refractivity contribution in [3.05, 3.63) is 11.6 Å². The van der Waals surface area contributed by atoms with Crippen LogP contribution in [0.4, 0.5) is 0 Å². The molecule has 0 aromatic carbocycles. The number of hydrogen-bond acceptors (Lipinski definition) is 6. The van der Waals surface area contributed by atoms with Gasteiger partial charge in [-0.15, -0.1) is 0 Å². The van der Waals surface area contributed by atoms with Crippen LogP contribution in [-0.2, 0) is 28.7 Å². The molecule has 9 unspecified atom stereocenters. The van der Waals surface area contributed by atoms with Gasteiger partial charge in [-0.2, -0.15) is 0 Å². The maximum atomic E-state index is 12.9. The van der Waals surface area contributed by atoms with Gasteiger partial charge in [0.05, 0.1) is 6.04 Å². The minimum Gasteiger partial charge on any atom is -0.462 e. The molecule has 3 saturated carbocycles. The van der Waals surface area contributed by atoms with Crippen LogP contribution in [0.3, 0.4) is 0 Å². The van der Waals surface area contributed by atoms with Crippen LogP contribution in [0, 0.1) is 34.5 Å². The number of hydrogen-bond donors (Lipinski definition) is 2. The van der Waals surface area contributed by atoms with Gasteiger partial charge >= 0.3 is 11.9 Å². The molecule has 0 radical (unpaired) electrons. The first-order valence-corrected chi connectivity index (χ1v) is 14.9. The van der Waals surface area contributed by atoms with Crippen molar-refractivity contribution in [3.8, 4) is 0 Å². The smallest absolute Gasteiger partial charge is 0.306 e. The fraction of sp³-hybridized carbons (Fsp3) is 0.806. The molecule has 218 valence electrons. The SMILES string of the molecule is CC(=O)NCC(C)CCC(=O)OC1CC2C3CC=C4CC(OC(C)=O)CCC4(C)C3CCC2(C)C1NC(C)=O. The van der Waals surface area contributed by atoms with Gasteiger partial charge in [0.25, 0.3) is 0 Å². The van der Waals surface area contributed by atoms with Crippen LogP contribution in [0.1, 0.15) is 99.3 Å². The fourth-order valence-corrected chi connectivity index (χ4v) is 8.56. The number of nitrogens with one attached hydrogen (secondary N) is 2. The lowest BCUT2D eigenvalue weighted by atomic mass is 9.48. The number of allylic oxidation sites excluding steroid dienone is 1. The highest BCUT2D eigenvalue weighted by atomic mass is 16.5. The van der Waals surface area contributed by atoms with Crippen molar-refractivity contribution in [3.63, 3.8) is 0 Å². The van der Waals surface area contributed by atoms with Gasteiger partial charge < -0.3 is 20.1 Å². The number of fused-ring (bicyclic) bond motifs is 5. The van der Waals surface area contributed by atoms with Crippen molar-refractivity contribution in [2.75, 3.05) is 6.54 Å². The van der Waals surface area contributed by atoms with E-state index in [1.807, 2.05) is 6.92 Å². The number of rotatable bonds is 8. The molecule has 4 aliphatic carbocycles. The summed E-state index contributed by atoms with van der Waals surface area (Å²) >= 11 is 0. The van der Waals surface area contributed by atoms with Gasteiger partial charge in [0, 0.05) is 40.2 Å². The van der Waals surface area contributed by atoms with Crippen LogP contribution < -0.4 is 10.6 Å². The van der Waals surface area contributed by atoms with Crippen molar-refractivity contribution in [2.24, 2.45) is 34.5 Å². The van der Waals surface area contributed by atoms with E-state index in [4.69, 9.17) is 9.47 Å². The van der Waals surface area contributed by atoms with E-state index in [1.54, 1.807) is 6.92 Å². The lowest BCUT2D eigenvalue weighted by molar-refractivity contribution is -0.151. The molecule has 0 bridgehead atoms. The molecular formula is C31H48N2O6. The van der Waals surface area contributed by atoms with Crippen LogP contribution in [0.5, 0.6) is 0 Å². The minimum absolute atomic E-state index is 0.0207. The monoisotopic (exact) mass is 544 g/mol. The quantitative estimate of drug-likeness (QED) is 0.345. The lowest BCUT2D eigenvalue weighted by Gasteiger charge is -2.57. The summed E-state index contributed by atoms with van der Waals surface area (Å²) < 4.78 is 11.7. The molecule has 0 saturated heterocycles. The Morgan fingerprint density at radius 2 is 1.77 bits per heavy atom. The molecular weight excluding hydrogens is 496 g/mol. The van der Waals surface area contributed by atoms with Crippen molar-refractivity contribution >= 4 is 23.8 Å². The molecule has 9 atom stereocenters. The van der Waals surface area contributed by atoms with Crippen LogP contribution >= 0.6 is 0 Å². The van der Waals surface area contributed by atoms with Gasteiger partial charge in [-0.25, -0.2) is 0 Å². The molecule has 0 aliphatic heterocycles. The number of carbonyl (C=O) groups is 4. The van der Waals surface area contributed by atoms with E-state index >= 15 is 0 Å². The summed E-state index contributed by atoms with van der Waals surface area (Å²) in [4.78, 5) is 48.0. The highest BCUT2D eigenvalue weighted by Gasteiger charge is 2.62. The summed E-state index contributed by atoms with van der Waals surface area (Å²) in [5.74, 6) is 0.947. The van der Waals surface area contributed by atoms with Gasteiger partial charge in [-0.1, -0.05) is 32.4 Å². The van der Waals surface area contributed by atoms with Crippen LogP contribution in [0.25, 0.3) is 0 Å². The average Bonchev–Trinajstić information content (AvgIpc) is 3.12. The molecule has 2 N–H and O–H groups in total. The van der Waals surface area contributed by atoms with Gasteiger partial charge in [0.15, 0.2) is 0 Å². The van der Waals surface area contributed by atoms with Gasteiger partial charge in [-0.05, 0) is 79.4 Å². The molecule has 0 spiro atoms. The van der Waals surface area contributed by atoms with Gasteiger partial charge in [-0.3, -0.25) is 19.2 Å². The Bertz CT molecular complexity index is 1010. The Morgan fingerprint density at radius 3 is 2.44 bits per heavy atom. The van der Waals surface area contributed by atoms with Crippen LogP contribution in [-0.4, -0.2) is 48.5 Å². The number of carbonyl (C=O) groups excluding carboxylic acids is 4. The third-order valence-corrected chi connectivity index (χ3v) is 10.6. The number of amides is 2. The Morgan fingerprint density at radius 1 is 1.03 bits per heavy atom. The van der Waals surface area contributed by atoms with E-state index in [1.165, 1.54) is 19.4 Å². The summed E-state index contributed by atoms with van der Waals surface area (Å²) in [5.41, 5.74) is 1.41. The molecule has 0 aromatic rings. The third kappa shape index (κ3) is 6.19. The molecule has 8 heteroatoms. The maximum absolute atomic E-state index is 12.9. The Hall–Kier alpha value is -2.38. The normalized spacial score (nSPS) is 37.7. The predicted octanol–water partition coefficient (Wildman–Crippen LogP) is 4.46. The summed E-state index contributed by atoms with van der Waals surface area (Å²) in [5, 5.41) is 6.00. The zero-order valence-electron chi connectivity index (χ0n) is 24.6. The van der Waals surface area contributed by atoms with E-state index < -0.39 is 0 Å². The summed E-state index contributed by atoms with van der Waals surface area (Å²) in [6.07, 6.45) is 9.56. The second-order valence-electron chi connectivity index (χ2n) is 13.3. The first kappa shape index (κ1) is 29.6. The second kappa shape index (κ2) is 11.6. The predicted molar refractivity (Wildman–Crippen MR) is 147 cm³/mol. The summed E-state index contributed by atoms with van der Waals surface area (Å²) in [6, 6.07) is -0.195. The van der Waals surface area contributed by atoms with Gasteiger partial charge in [0.2, 0.25) is 11.8 Å². The first-order valence-electron chi connectivity index (χ1n) is 14.9. The minimum atomic E-state index is -0.335. The van der Waals surface area contributed by atoms with Crippen molar-refractivity contribution in [2.45, 2.75) is 118 Å². The second-order valence-corrected chi connectivity index (χ2v) is 13.3. The van der Waals surface area contributed by atoms with Crippen LogP contribution in [0.15, 0.2) is 11.6 Å². The van der Waals surface area contributed by atoms with E-state index in [0.29, 0.717) is 37.1 Å². The molecule has 4 aliphatic rings. The molecule has 0 heterocycles. The highest BCUT2D eigenvalue weighted by molar-refractivity contribution is 5.74. The topological polar surface area (TPSA) is 111 Å². The van der Waals surface area contributed by atoms with Crippen molar-refractivity contribution in [1.82, 2.24) is 10.6 Å². The summed E-state index contributed by atoms with van der Waals surface area (Å²) in [7, 11) is 0. The zero-order valence-corrected chi connectivity index (χ0v) is 24.6. The number of ether oxygens (including phenoxy) is 2. The molecule has 2 amide bonds. The van der Waals surface area contributed by atoms with E-state index in [9.17, 15) is 19.2 Å². The molecule has 4 rings (SSSR count). The maximum Gasteiger partial charge on any atom is 0.306 e. The van der Waals surface area contributed by atoms with Gasteiger partial charge in [0.1, 0.15) is 12.2 Å². The standard InChI is InChI=1S/C31H48N2O6/c1-18(17-32-19(2)34)7-10-28(37)39-27-16-26-24-9-8-22-15-23(38-21(4)36)11-13-30(22,5)25(24)12-14-31(26,6)29(27)33-20(3)35/h8,18,23-27,29H,7,9-17H2,1-6H3,(H,32,34)(H,33,35). The lowest BCUT2D eigenvalue weighted by Crippen LogP contribution is -2.55. The van der Waals surface area contributed by atoms with Crippen molar-refractivity contribution in [1.29, 1.82) is 0 Å². The van der Waals surface area contributed by atoms with Crippen molar-refractivity contribution < 1.29 is 28.7 Å². The Kier molecular flexibility index (Phi) is 8.82. The van der Waals surface area contributed by atoms with E-state index in [2.05, 4.69) is 30.6 Å². The van der Waals surface area contributed by atoms with E-state index in [-0.39, 0.29) is 58.8 Å². The third-order valence-electron chi connectivity index (χ3n) is 10.6.